The first-order valence-electron chi connectivity index (χ1n) is 16.1. The molecule has 4 heterocycles. The van der Waals surface area contributed by atoms with Crippen LogP contribution in [0.25, 0.3) is 0 Å². The molecule has 43 heavy (non-hydrogen) atoms. The molecule has 1 aromatic rings. The summed E-state index contributed by atoms with van der Waals surface area (Å²) in [4.78, 5) is 32.6. The Bertz CT molecular complexity index is 1240. The minimum atomic E-state index is -2.29. The largest absolute Gasteiger partial charge is 0.481 e. The van der Waals surface area contributed by atoms with Gasteiger partial charge in [-0.3, -0.25) is 19.1 Å². The Kier molecular flexibility index (Phi) is 9.75. The Morgan fingerprint density at radius 2 is 2.05 bits per heavy atom. The van der Waals surface area contributed by atoms with Crippen LogP contribution in [0.1, 0.15) is 62.5 Å². The van der Waals surface area contributed by atoms with Gasteiger partial charge in [0.15, 0.2) is 0 Å². The summed E-state index contributed by atoms with van der Waals surface area (Å²) in [7, 11) is 0. The zero-order valence-electron chi connectivity index (χ0n) is 25.1. The van der Waals surface area contributed by atoms with Gasteiger partial charge in [-0.2, -0.15) is 11.8 Å². The monoisotopic (exact) mass is 642 g/mol. The van der Waals surface area contributed by atoms with E-state index in [4.69, 9.17) is 21.3 Å². The third kappa shape index (κ3) is 6.53. The fourth-order valence-electron chi connectivity index (χ4n) is 8.65. The average Bonchev–Trinajstić information content (AvgIpc) is 3.63. The summed E-state index contributed by atoms with van der Waals surface area (Å²) in [5.41, 5.74) is 1.55. The van der Waals surface area contributed by atoms with Gasteiger partial charge >= 0.3 is 5.97 Å². The second-order valence-corrected chi connectivity index (χ2v) is 15.4. The predicted molar refractivity (Wildman–Crippen MR) is 163 cm³/mol. The number of halogens is 3. The number of fused-ring (bicyclic) bond motifs is 2. The highest BCUT2D eigenvalue weighted by molar-refractivity contribution is 8.00. The fraction of sp³-hybridized carbons (Fsp3) is 0.839. The van der Waals surface area contributed by atoms with Crippen LogP contribution in [-0.4, -0.2) is 92.3 Å². The number of carboxylic acid groups (broad SMARTS) is 1. The molecule has 0 amide bonds. The van der Waals surface area contributed by atoms with Crippen molar-refractivity contribution in [2.45, 2.75) is 113 Å². The van der Waals surface area contributed by atoms with Gasteiger partial charge < -0.3 is 15.2 Å². The Morgan fingerprint density at radius 3 is 2.79 bits per heavy atom. The standard InChI is InChI=1S/C31H45ClF2N4O4S/c1-16-11-22(28-27(35-16)24(15-43-28)31(40)41)21-12-19(32)3-6-26(21)42-10-9-38-17(2)36-25-5-4-20(13-23(25)30(38)39)37-8-7-18(14-37)29(33)34/h16,18-22,24,26-29,35H,3-15H2,1-2H3,(H,40,41)/t16?,18-,19?,20-,21?,22?,24?,26?,27?,28?/m1/s1. The number of nitrogens with one attached hydrogen (secondary N) is 1. The Balaban J connectivity index is 1.12. The van der Waals surface area contributed by atoms with Crippen molar-refractivity contribution in [1.82, 2.24) is 19.8 Å². The van der Waals surface area contributed by atoms with Gasteiger partial charge in [-0.1, -0.05) is 0 Å². The van der Waals surface area contributed by atoms with Gasteiger partial charge in [0.2, 0.25) is 6.43 Å². The normalized spacial score (nSPS) is 38.3. The number of carboxylic acids is 1. The van der Waals surface area contributed by atoms with Gasteiger partial charge in [0.05, 0.1) is 30.9 Å². The summed E-state index contributed by atoms with van der Waals surface area (Å²) < 4.78 is 34.8. The molecule has 3 aliphatic heterocycles. The molecule has 2 N–H and O–H groups in total. The SMILES string of the molecule is Cc1nc2c(c(=O)n1CCOC1CCC(Cl)CC1C1CC(C)NC3C(C(=O)O)CSC13)C[C@H](N1CC[C@@H](C(F)F)C1)CC2. The lowest BCUT2D eigenvalue weighted by Crippen LogP contribution is -2.57. The van der Waals surface area contributed by atoms with E-state index in [1.807, 2.05) is 6.92 Å². The number of hydrogen-bond donors (Lipinski definition) is 2. The lowest BCUT2D eigenvalue weighted by molar-refractivity contribution is -0.142. The van der Waals surface area contributed by atoms with Crippen molar-refractivity contribution >= 4 is 29.3 Å². The van der Waals surface area contributed by atoms with E-state index in [0.29, 0.717) is 63.0 Å². The predicted octanol–water partition coefficient (Wildman–Crippen LogP) is 3.97. The molecule has 4 fully saturated rings. The minimum Gasteiger partial charge on any atom is -0.481 e. The van der Waals surface area contributed by atoms with Gasteiger partial charge in [-0.15, -0.1) is 11.6 Å². The van der Waals surface area contributed by atoms with Crippen LogP contribution in [0, 0.1) is 30.6 Å². The average molecular weight is 643 g/mol. The molecule has 1 saturated carbocycles. The fourth-order valence-corrected chi connectivity index (χ4v) is 10.8. The van der Waals surface area contributed by atoms with Gasteiger partial charge in [-0.25, -0.2) is 13.8 Å². The number of aromatic nitrogens is 2. The molecule has 0 aromatic carbocycles. The maximum absolute atomic E-state index is 13.7. The van der Waals surface area contributed by atoms with Crippen LogP contribution in [0.3, 0.4) is 0 Å². The topological polar surface area (TPSA) is 96.7 Å². The molecule has 5 aliphatic rings. The molecule has 0 bridgehead atoms. The lowest BCUT2D eigenvalue weighted by atomic mass is 9.70. The van der Waals surface area contributed by atoms with E-state index in [9.17, 15) is 23.5 Å². The summed E-state index contributed by atoms with van der Waals surface area (Å²) in [5, 5.41) is 13.7. The third-order valence-electron chi connectivity index (χ3n) is 10.9. The molecule has 3 saturated heterocycles. The number of rotatable bonds is 8. The van der Waals surface area contributed by atoms with Crippen LogP contribution < -0.4 is 10.9 Å². The van der Waals surface area contributed by atoms with Gasteiger partial charge in [0.25, 0.3) is 5.56 Å². The summed E-state index contributed by atoms with van der Waals surface area (Å²) >= 11 is 8.49. The number of aryl methyl sites for hydroxylation is 2. The summed E-state index contributed by atoms with van der Waals surface area (Å²) in [6.07, 6.45) is 3.90. The van der Waals surface area contributed by atoms with Crippen molar-refractivity contribution in [2.24, 2.45) is 23.7 Å². The highest BCUT2D eigenvalue weighted by Crippen LogP contribution is 2.48. The first-order valence-corrected chi connectivity index (χ1v) is 17.6. The molecular weight excluding hydrogens is 598 g/mol. The second-order valence-electron chi connectivity index (χ2n) is 13.5. The zero-order valence-corrected chi connectivity index (χ0v) is 26.7. The number of piperidine rings is 1. The smallest absolute Gasteiger partial charge is 0.308 e. The summed E-state index contributed by atoms with van der Waals surface area (Å²) in [6, 6.07) is 0.299. The molecule has 12 heteroatoms. The van der Waals surface area contributed by atoms with Gasteiger partial charge in [0.1, 0.15) is 5.82 Å². The second kappa shape index (κ2) is 13.2. The van der Waals surface area contributed by atoms with E-state index in [1.54, 1.807) is 16.3 Å². The van der Waals surface area contributed by atoms with Crippen molar-refractivity contribution in [3.63, 3.8) is 0 Å². The molecular formula is C31H45ClF2N4O4S. The van der Waals surface area contributed by atoms with Crippen LogP contribution in [0.4, 0.5) is 8.78 Å². The number of hydrogen-bond acceptors (Lipinski definition) is 7. The maximum atomic E-state index is 13.7. The van der Waals surface area contributed by atoms with Crippen molar-refractivity contribution < 1.29 is 23.4 Å². The van der Waals surface area contributed by atoms with E-state index in [2.05, 4.69) is 17.1 Å². The quantitative estimate of drug-likeness (QED) is 0.412. The molecule has 0 spiro atoms. The zero-order chi connectivity index (χ0) is 30.4. The van der Waals surface area contributed by atoms with Crippen LogP contribution in [0.5, 0.6) is 0 Å². The summed E-state index contributed by atoms with van der Waals surface area (Å²) in [6.45, 7) is 5.87. The number of alkyl halides is 3. The summed E-state index contributed by atoms with van der Waals surface area (Å²) in [5.74, 6) is 0.197. The Labute approximate surface area is 261 Å². The van der Waals surface area contributed by atoms with Crippen molar-refractivity contribution in [2.75, 3.05) is 25.4 Å². The minimum absolute atomic E-state index is 0.0133. The van der Waals surface area contributed by atoms with Crippen molar-refractivity contribution in [3.8, 4) is 0 Å². The molecule has 10 atom stereocenters. The first-order chi connectivity index (χ1) is 20.6. The van der Waals surface area contributed by atoms with E-state index in [0.717, 1.165) is 43.4 Å². The van der Waals surface area contributed by atoms with E-state index < -0.39 is 18.3 Å². The van der Waals surface area contributed by atoms with E-state index >= 15 is 0 Å². The van der Waals surface area contributed by atoms with Crippen LogP contribution in [0.15, 0.2) is 4.79 Å². The maximum Gasteiger partial charge on any atom is 0.308 e. The van der Waals surface area contributed by atoms with E-state index in [-0.39, 0.29) is 52.3 Å². The molecule has 2 aliphatic carbocycles. The van der Waals surface area contributed by atoms with E-state index in [1.165, 1.54) is 0 Å². The van der Waals surface area contributed by atoms with Crippen LogP contribution in [-0.2, 0) is 28.9 Å². The number of nitrogens with zero attached hydrogens (tertiary/aromatic N) is 3. The molecule has 240 valence electrons. The van der Waals surface area contributed by atoms with Crippen molar-refractivity contribution in [3.05, 3.63) is 27.4 Å². The Hall–Kier alpha value is -1.27. The van der Waals surface area contributed by atoms with Crippen LogP contribution >= 0.6 is 23.4 Å². The molecule has 6 rings (SSSR count). The molecule has 1 aromatic heterocycles. The third-order valence-corrected chi connectivity index (χ3v) is 12.9. The number of likely N-dealkylation sites (tertiary alicyclic amines) is 1. The van der Waals surface area contributed by atoms with Crippen LogP contribution in [0.2, 0.25) is 0 Å². The van der Waals surface area contributed by atoms with Crippen molar-refractivity contribution in [1.29, 1.82) is 0 Å². The highest BCUT2D eigenvalue weighted by atomic mass is 35.5. The highest BCUT2D eigenvalue weighted by Gasteiger charge is 2.51. The number of ether oxygens (including phenoxy) is 1. The number of carbonyl (C=O) groups is 1. The van der Waals surface area contributed by atoms with Gasteiger partial charge in [-0.05, 0) is 83.6 Å². The molecule has 8 unspecified atom stereocenters. The number of aliphatic carboxylic acids is 1. The van der Waals surface area contributed by atoms with Gasteiger partial charge in [0, 0.05) is 52.5 Å². The number of thioether (sulfide) groups is 1. The lowest BCUT2D eigenvalue weighted by Gasteiger charge is -2.47. The first kappa shape index (κ1) is 31.7. The Morgan fingerprint density at radius 1 is 1.23 bits per heavy atom. The molecule has 8 nitrogen and oxygen atoms in total. The molecule has 0 radical (unpaired) electrons.